The normalized spacial score (nSPS) is 19.6. The first kappa shape index (κ1) is 18.0. The predicted octanol–water partition coefficient (Wildman–Crippen LogP) is 2.93. The summed E-state index contributed by atoms with van der Waals surface area (Å²) in [7, 11) is 0. The van der Waals surface area contributed by atoms with Gasteiger partial charge >= 0.3 is 0 Å². The quantitative estimate of drug-likeness (QED) is 0.725. The van der Waals surface area contributed by atoms with Crippen molar-refractivity contribution in [2.45, 2.75) is 45.7 Å². The van der Waals surface area contributed by atoms with Crippen molar-refractivity contribution in [3.63, 3.8) is 0 Å². The van der Waals surface area contributed by atoms with Crippen LogP contribution in [0.15, 0.2) is 30.3 Å². The van der Waals surface area contributed by atoms with Crippen LogP contribution < -0.4 is 0 Å². The Bertz CT molecular complexity index is 464. The first-order chi connectivity index (χ1) is 11.2. The van der Waals surface area contributed by atoms with Gasteiger partial charge in [0, 0.05) is 51.9 Å². The van der Waals surface area contributed by atoms with Gasteiger partial charge in [0.15, 0.2) is 0 Å². The lowest BCUT2D eigenvalue weighted by Gasteiger charge is -2.29. The van der Waals surface area contributed by atoms with Gasteiger partial charge in [0.1, 0.15) is 0 Å². The number of hydrogen-bond acceptors (Lipinski definition) is 3. The maximum absolute atomic E-state index is 12.4. The SMILES string of the molecule is CCOCCCC(=O)N1CCCN(Cc2ccccc2)CC1C. The van der Waals surface area contributed by atoms with Gasteiger partial charge < -0.3 is 9.64 Å². The summed E-state index contributed by atoms with van der Waals surface area (Å²) in [4.78, 5) is 17.0. The number of benzene rings is 1. The highest BCUT2D eigenvalue weighted by Crippen LogP contribution is 2.14. The Kier molecular flexibility index (Phi) is 7.56. The van der Waals surface area contributed by atoms with Gasteiger partial charge in [-0.15, -0.1) is 0 Å². The van der Waals surface area contributed by atoms with Crippen LogP contribution in [-0.2, 0) is 16.1 Å². The van der Waals surface area contributed by atoms with E-state index in [-0.39, 0.29) is 11.9 Å². The summed E-state index contributed by atoms with van der Waals surface area (Å²) in [5.74, 6) is 0.277. The molecule has 0 bridgehead atoms. The van der Waals surface area contributed by atoms with E-state index in [0.29, 0.717) is 13.0 Å². The third-order valence-electron chi connectivity index (χ3n) is 4.38. The molecule has 0 aromatic heterocycles. The van der Waals surface area contributed by atoms with E-state index in [1.165, 1.54) is 5.56 Å². The van der Waals surface area contributed by atoms with Crippen LogP contribution in [0.2, 0.25) is 0 Å². The minimum absolute atomic E-state index is 0.277. The van der Waals surface area contributed by atoms with E-state index in [1.54, 1.807) is 0 Å². The zero-order valence-electron chi connectivity index (χ0n) is 14.5. The monoisotopic (exact) mass is 318 g/mol. The zero-order valence-corrected chi connectivity index (χ0v) is 14.5. The number of amides is 1. The summed E-state index contributed by atoms with van der Waals surface area (Å²) in [5, 5.41) is 0. The van der Waals surface area contributed by atoms with E-state index in [9.17, 15) is 4.79 Å². The maximum Gasteiger partial charge on any atom is 0.222 e. The zero-order chi connectivity index (χ0) is 16.5. The van der Waals surface area contributed by atoms with Gasteiger partial charge in [-0.2, -0.15) is 0 Å². The van der Waals surface area contributed by atoms with Gasteiger partial charge in [0.2, 0.25) is 5.91 Å². The predicted molar refractivity (Wildman–Crippen MR) is 93.2 cm³/mol. The summed E-state index contributed by atoms with van der Waals surface area (Å²) >= 11 is 0. The van der Waals surface area contributed by atoms with E-state index in [4.69, 9.17) is 4.74 Å². The molecule has 4 nitrogen and oxygen atoms in total. The summed E-state index contributed by atoms with van der Waals surface area (Å²) in [6.07, 6.45) is 2.47. The van der Waals surface area contributed by atoms with Crippen molar-refractivity contribution in [1.29, 1.82) is 0 Å². The molecule has 1 saturated heterocycles. The average Bonchev–Trinajstić information content (AvgIpc) is 2.73. The molecular formula is C19H30N2O2. The van der Waals surface area contributed by atoms with Crippen LogP contribution in [0.1, 0.15) is 38.7 Å². The molecule has 128 valence electrons. The molecule has 0 spiro atoms. The first-order valence-corrected chi connectivity index (χ1v) is 8.84. The molecule has 1 aromatic rings. The molecule has 2 rings (SSSR count). The van der Waals surface area contributed by atoms with Crippen LogP contribution in [-0.4, -0.2) is 54.6 Å². The molecule has 1 unspecified atom stereocenters. The molecule has 0 radical (unpaired) electrons. The highest BCUT2D eigenvalue weighted by atomic mass is 16.5. The molecule has 0 aliphatic carbocycles. The van der Waals surface area contributed by atoms with Gasteiger partial charge in [-0.05, 0) is 32.3 Å². The lowest BCUT2D eigenvalue weighted by Crippen LogP contribution is -2.42. The van der Waals surface area contributed by atoms with Gasteiger partial charge in [-0.25, -0.2) is 0 Å². The van der Waals surface area contributed by atoms with Crippen LogP contribution in [0.5, 0.6) is 0 Å². The Balaban J connectivity index is 1.82. The maximum atomic E-state index is 12.4. The highest BCUT2D eigenvalue weighted by molar-refractivity contribution is 5.76. The largest absolute Gasteiger partial charge is 0.382 e. The lowest BCUT2D eigenvalue weighted by molar-refractivity contribution is -0.133. The van der Waals surface area contributed by atoms with E-state index in [2.05, 4.69) is 47.1 Å². The van der Waals surface area contributed by atoms with Gasteiger partial charge in [-0.3, -0.25) is 9.69 Å². The van der Waals surface area contributed by atoms with E-state index < -0.39 is 0 Å². The van der Waals surface area contributed by atoms with Crippen LogP contribution in [0.3, 0.4) is 0 Å². The molecule has 0 N–H and O–H groups in total. The summed E-state index contributed by atoms with van der Waals surface area (Å²) in [6, 6.07) is 10.9. The van der Waals surface area contributed by atoms with Crippen LogP contribution in [0, 0.1) is 0 Å². The van der Waals surface area contributed by atoms with Crippen molar-refractivity contribution in [2.24, 2.45) is 0 Å². The Hall–Kier alpha value is -1.39. The van der Waals surface area contributed by atoms with Crippen molar-refractivity contribution in [1.82, 2.24) is 9.80 Å². The molecule has 1 aliphatic heterocycles. The van der Waals surface area contributed by atoms with Gasteiger partial charge in [0.25, 0.3) is 0 Å². The Labute approximate surface area is 140 Å². The second-order valence-corrected chi connectivity index (χ2v) is 6.31. The van der Waals surface area contributed by atoms with Gasteiger partial charge in [-0.1, -0.05) is 30.3 Å². The topological polar surface area (TPSA) is 32.8 Å². The molecule has 1 amide bonds. The van der Waals surface area contributed by atoms with E-state index >= 15 is 0 Å². The fourth-order valence-corrected chi connectivity index (χ4v) is 3.22. The number of rotatable bonds is 7. The Morgan fingerprint density at radius 1 is 1.26 bits per heavy atom. The smallest absolute Gasteiger partial charge is 0.222 e. The average molecular weight is 318 g/mol. The standard InChI is InChI=1S/C19H30N2O2/c1-3-23-14-7-11-19(22)21-13-8-12-20(15-17(21)2)16-18-9-5-4-6-10-18/h4-6,9-10,17H,3,7-8,11-16H2,1-2H3. The third-order valence-corrected chi connectivity index (χ3v) is 4.38. The number of carbonyl (C=O) groups excluding carboxylic acids is 1. The second-order valence-electron chi connectivity index (χ2n) is 6.31. The molecule has 4 heteroatoms. The van der Waals surface area contributed by atoms with Crippen molar-refractivity contribution in [2.75, 3.05) is 32.8 Å². The molecular weight excluding hydrogens is 288 g/mol. The first-order valence-electron chi connectivity index (χ1n) is 8.84. The molecule has 1 fully saturated rings. The molecule has 1 atom stereocenters. The Morgan fingerprint density at radius 2 is 2.04 bits per heavy atom. The van der Waals surface area contributed by atoms with Crippen LogP contribution in [0.25, 0.3) is 0 Å². The fourth-order valence-electron chi connectivity index (χ4n) is 3.22. The van der Waals surface area contributed by atoms with Crippen LogP contribution in [0.4, 0.5) is 0 Å². The van der Waals surface area contributed by atoms with Crippen molar-refractivity contribution in [3.8, 4) is 0 Å². The summed E-state index contributed by atoms with van der Waals surface area (Å²) < 4.78 is 5.33. The third kappa shape index (κ3) is 5.96. The minimum Gasteiger partial charge on any atom is -0.382 e. The van der Waals surface area contributed by atoms with Crippen molar-refractivity contribution >= 4 is 5.91 Å². The molecule has 1 heterocycles. The molecule has 1 aliphatic rings. The molecule has 23 heavy (non-hydrogen) atoms. The van der Waals surface area contributed by atoms with Crippen molar-refractivity contribution < 1.29 is 9.53 Å². The Morgan fingerprint density at radius 3 is 2.78 bits per heavy atom. The fraction of sp³-hybridized carbons (Fsp3) is 0.632. The second kappa shape index (κ2) is 9.68. The molecule has 1 aromatic carbocycles. The van der Waals surface area contributed by atoms with Crippen molar-refractivity contribution in [3.05, 3.63) is 35.9 Å². The number of carbonyl (C=O) groups is 1. The number of ether oxygens (including phenoxy) is 1. The molecule has 0 saturated carbocycles. The lowest BCUT2D eigenvalue weighted by atomic mass is 10.2. The highest BCUT2D eigenvalue weighted by Gasteiger charge is 2.24. The van der Waals surface area contributed by atoms with Crippen LogP contribution >= 0.6 is 0 Å². The number of hydrogen-bond donors (Lipinski definition) is 0. The van der Waals surface area contributed by atoms with E-state index in [1.807, 2.05) is 6.92 Å². The van der Waals surface area contributed by atoms with E-state index in [0.717, 1.165) is 45.6 Å². The minimum atomic E-state index is 0.277. The summed E-state index contributed by atoms with van der Waals surface area (Å²) in [6.45, 7) is 9.42. The summed E-state index contributed by atoms with van der Waals surface area (Å²) in [5.41, 5.74) is 1.34. The number of nitrogens with zero attached hydrogens (tertiary/aromatic N) is 2. The van der Waals surface area contributed by atoms with Gasteiger partial charge in [0.05, 0.1) is 0 Å².